The summed E-state index contributed by atoms with van der Waals surface area (Å²) in [7, 11) is 2.11. The van der Waals surface area contributed by atoms with Gasteiger partial charge in [-0.25, -0.2) is 0 Å². The monoisotopic (exact) mass is 414 g/mol. The molecule has 0 radical (unpaired) electrons. The Kier molecular flexibility index (Phi) is 6.41. The van der Waals surface area contributed by atoms with Crippen LogP contribution in [0, 0.1) is 11.8 Å². The second-order valence-electron chi connectivity index (χ2n) is 9.28. The minimum atomic E-state index is -0.416. The van der Waals surface area contributed by atoms with Crippen LogP contribution >= 0.6 is 0 Å². The van der Waals surface area contributed by atoms with Gasteiger partial charge >= 0.3 is 0 Å². The zero-order valence-corrected chi connectivity index (χ0v) is 17.8. The van der Waals surface area contributed by atoms with E-state index in [1.165, 1.54) is 5.56 Å². The van der Waals surface area contributed by atoms with E-state index >= 15 is 0 Å². The highest BCUT2D eigenvalue weighted by molar-refractivity contribution is 5.80. The zero-order valence-electron chi connectivity index (χ0n) is 17.8. The molecular weight excluding hydrogens is 380 g/mol. The fourth-order valence-electron chi connectivity index (χ4n) is 5.82. The summed E-state index contributed by atoms with van der Waals surface area (Å²) in [6, 6.07) is 10.6. The first-order valence-corrected chi connectivity index (χ1v) is 11.2. The summed E-state index contributed by atoms with van der Waals surface area (Å²) in [4.78, 5) is 30.9. The maximum Gasteiger partial charge on any atom is 0.231 e. The summed E-state index contributed by atoms with van der Waals surface area (Å²) in [5, 5.41) is 11.0. The summed E-state index contributed by atoms with van der Waals surface area (Å²) in [6.45, 7) is 3.78. The van der Waals surface area contributed by atoms with Crippen molar-refractivity contribution in [1.29, 1.82) is 0 Å². The lowest BCUT2D eigenvalue weighted by Gasteiger charge is -2.35. The highest BCUT2D eigenvalue weighted by atomic mass is 16.3. The standard InChI is InChI=1S/C23H34N4O3/c1-25-13-18(16-6-3-2-4-7-16)22-19(25)14-27(11-9-20(22)28)23(30)17-8-5-10-26(12-17)15-21(24)29/h2-4,6-7,17-20,22,28H,5,8-15H2,1H3,(H2,24,29)/t17-,18-,19+,20+,22-/m0/s1. The molecule has 0 aromatic heterocycles. The van der Waals surface area contributed by atoms with Gasteiger partial charge in [-0.3, -0.25) is 14.5 Å². The molecule has 1 aromatic rings. The van der Waals surface area contributed by atoms with Crippen LogP contribution in [0.15, 0.2) is 30.3 Å². The number of benzene rings is 1. The lowest BCUT2D eigenvalue weighted by molar-refractivity contribution is -0.138. The summed E-state index contributed by atoms with van der Waals surface area (Å²) >= 11 is 0. The molecule has 5 atom stereocenters. The van der Waals surface area contributed by atoms with Crippen molar-refractivity contribution in [2.75, 3.05) is 46.3 Å². The Balaban J connectivity index is 1.47. The van der Waals surface area contributed by atoms with Crippen LogP contribution in [-0.4, -0.2) is 90.1 Å². The van der Waals surface area contributed by atoms with Crippen LogP contribution in [0.25, 0.3) is 0 Å². The van der Waals surface area contributed by atoms with Crippen molar-refractivity contribution < 1.29 is 14.7 Å². The lowest BCUT2D eigenvalue weighted by atomic mass is 9.81. The molecule has 3 heterocycles. The third-order valence-corrected chi connectivity index (χ3v) is 7.28. The van der Waals surface area contributed by atoms with Crippen LogP contribution in [0.2, 0.25) is 0 Å². The molecule has 3 aliphatic rings. The van der Waals surface area contributed by atoms with Gasteiger partial charge in [-0.2, -0.15) is 0 Å². The van der Waals surface area contributed by atoms with Crippen molar-refractivity contribution in [1.82, 2.24) is 14.7 Å². The number of rotatable bonds is 4. The Morgan fingerprint density at radius 1 is 1.10 bits per heavy atom. The topological polar surface area (TPSA) is 90.1 Å². The third-order valence-electron chi connectivity index (χ3n) is 7.28. The van der Waals surface area contributed by atoms with Crippen molar-refractivity contribution >= 4 is 11.8 Å². The molecule has 7 nitrogen and oxygen atoms in total. The molecule has 3 N–H and O–H groups in total. The summed E-state index contributed by atoms with van der Waals surface area (Å²) < 4.78 is 0. The first-order valence-electron chi connectivity index (χ1n) is 11.2. The molecule has 0 unspecified atom stereocenters. The average Bonchev–Trinajstić information content (AvgIpc) is 2.96. The third kappa shape index (κ3) is 4.38. The molecule has 0 saturated carbocycles. The van der Waals surface area contributed by atoms with Crippen molar-refractivity contribution in [2.24, 2.45) is 17.6 Å². The molecule has 164 valence electrons. The smallest absolute Gasteiger partial charge is 0.231 e. The number of nitrogens with two attached hydrogens (primary N) is 1. The van der Waals surface area contributed by atoms with Gasteiger partial charge in [-0.05, 0) is 38.4 Å². The van der Waals surface area contributed by atoms with Gasteiger partial charge in [0.25, 0.3) is 0 Å². The number of hydrogen-bond donors (Lipinski definition) is 2. The summed E-state index contributed by atoms with van der Waals surface area (Å²) in [6.07, 6.45) is 1.95. The predicted molar refractivity (Wildman–Crippen MR) is 115 cm³/mol. The molecule has 0 spiro atoms. The maximum absolute atomic E-state index is 13.4. The number of amides is 2. The van der Waals surface area contributed by atoms with E-state index in [1.807, 2.05) is 15.9 Å². The number of aliphatic hydroxyl groups is 1. The fourth-order valence-corrected chi connectivity index (χ4v) is 5.82. The van der Waals surface area contributed by atoms with Gasteiger partial charge in [0.05, 0.1) is 18.6 Å². The van der Waals surface area contributed by atoms with Crippen LogP contribution < -0.4 is 5.73 Å². The molecule has 1 aromatic carbocycles. The summed E-state index contributed by atoms with van der Waals surface area (Å²) in [5.41, 5.74) is 6.62. The first-order chi connectivity index (χ1) is 14.4. The minimum absolute atomic E-state index is 0.0941. The van der Waals surface area contributed by atoms with E-state index < -0.39 is 6.10 Å². The Morgan fingerprint density at radius 3 is 2.60 bits per heavy atom. The van der Waals surface area contributed by atoms with E-state index in [-0.39, 0.29) is 42.2 Å². The van der Waals surface area contributed by atoms with E-state index in [0.717, 1.165) is 25.9 Å². The largest absolute Gasteiger partial charge is 0.393 e. The molecule has 30 heavy (non-hydrogen) atoms. The van der Waals surface area contributed by atoms with Gasteiger partial charge in [-0.15, -0.1) is 0 Å². The number of carbonyl (C=O) groups is 2. The molecule has 0 aliphatic carbocycles. The Hall–Kier alpha value is -1.96. The number of nitrogens with zero attached hydrogens (tertiary/aromatic N) is 3. The van der Waals surface area contributed by atoms with E-state index in [4.69, 9.17) is 5.73 Å². The van der Waals surface area contributed by atoms with Crippen molar-refractivity contribution in [3.63, 3.8) is 0 Å². The second kappa shape index (κ2) is 9.04. The van der Waals surface area contributed by atoms with Crippen LogP contribution in [0.4, 0.5) is 0 Å². The fraction of sp³-hybridized carbons (Fsp3) is 0.652. The second-order valence-corrected chi connectivity index (χ2v) is 9.28. The van der Waals surface area contributed by atoms with E-state index in [0.29, 0.717) is 26.1 Å². The van der Waals surface area contributed by atoms with Crippen LogP contribution in [-0.2, 0) is 9.59 Å². The van der Waals surface area contributed by atoms with Gasteiger partial charge in [-0.1, -0.05) is 30.3 Å². The molecule has 3 fully saturated rings. The first kappa shape index (κ1) is 21.3. The molecule has 3 aliphatic heterocycles. The van der Waals surface area contributed by atoms with E-state index in [1.54, 1.807) is 0 Å². The molecule has 2 amide bonds. The highest BCUT2D eigenvalue weighted by Crippen LogP contribution is 2.41. The predicted octanol–water partition coefficient (Wildman–Crippen LogP) is 0.491. The van der Waals surface area contributed by atoms with Gasteiger partial charge in [0.2, 0.25) is 11.8 Å². The highest BCUT2D eigenvalue weighted by Gasteiger charge is 2.47. The number of fused-ring (bicyclic) bond motifs is 1. The van der Waals surface area contributed by atoms with Gasteiger partial charge in [0.1, 0.15) is 0 Å². The van der Waals surface area contributed by atoms with Crippen molar-refractivity contribution in [3.05, 3.63) is 35.9 Å². The summed E-state index contributed by atoms with van der Waals surface area (Å²) in [5.74, 6) is 0.139. The number of likely N-dealkylation sites (tertiary alicyclic amines) is 3. The average molecular weight is 415 g/mol. The van der Waals surface area contributed by atoms with Crippen LogP contribution in [0.3, 0.4) is 0 Å². The van der Waals surface area contributed by atoms with E-state index in [2.05, 4.69) is 36.2 Å². The molecule has 7 heteroatoms. The SMILES string of the molecule is CN1C[C@@H](c2ccccc2)[C@@H]2[C@H](O)CCN(C(=O)[C@H]3CCCN(CC(N)=O)C3)C[C@H]21. The van der Waals surface area contributed by atoms with Crippen LogP contribution in [0.5, 0.6) is 0 Å². The molecule has 3 saturated heterocycles. The van der Waals surface area contributed by atoms with Crippen molar-refractivity contribution in [3.8, 4) is 0 Å². The Bertz CT molecular complexity index is 758. The zero-order chi connectivity index (χ0) is 21.3. The van der Waals surface area contributed by atoms with Gasteiger partial charge < -0.3 is 20.6 Å². The molecule has 0 bridgehead atoms. The maximum atomic E-state index is 13.4. The Morgan fingerprint density at radius 2 is 1.87 bits per heavy atom. The molecule has 4 rings (SSSR count). The normalized spacial score (nSPS) is 33.1. The number of piperidine rings is 1. The number of carbonyl (C=O) groups excluding carboxylic acids is 2. The van der Waals surface area contributed by atoms with Gasteiger partial charge in [0, 0.05) is 44.1 Å². The van der Waals surface area contributed by atoms with E-state index in [9.17, 15) is 14.7 Å². The quantitative estimate of drug-likeness (QED) is 0.749. The lowest BCUT2D eigenvalue weighted by Crippen LogP contribution is -2.49. The number of aliphatic hydroxyl groups excluding tert-OH is 1. The Labute approximate surface area is 178 Å². The number of hydrogen-bond acceptors (Lipinski definition) is 5. The van der Waals surface area contributed by atoms with Crippen molar-refractivity contribution in [2.45, 2.75) is 37.3 Å². The van der Waals surface area contributed by atoms with Gasteiger partial charge in [0.15, 0.2) is 0 Å². The minimum Gasteiger partial charge on any atom is -0.393 e. The van der Waals surface area contributed by atoms with Crippen LogP contribution in [0.1, 0.15) is 30.7 Å². The number of likely N-dealkylation sites (N-methyl/N-ethyl adjacent to an activating group) is 1. The number of primary amides is 1. The molecular formula is C23H34N4O3.